The Bertz CT molecular complexity index is 2930. The molecule has 13 nitrogen and oxygen atoms in total. The van der Waals surface area contributed by atoms with Crippen LogP contribution in [0.15, 0.2) is 120 Å². The summed E-state index contributed by atoms with van der Waals surface area (Å²) in [6.45, 7) is 0. The second kappa shape index (κ2) is 17.0. The van der Waals surface area contributed by atoms with Gasteiger partial charge in [-0.3, -0.25) is 14.8 Å². The van der Waals surface area contributed by atoms with Gasteiger partial charge in [0, 0.05) is 50.0 Å². The number of carboxylic acid groups (broad SMARTS) is 1. The first-order valence-corrected chi connectivity index (χ1v) is 22.6. The van der Waals surface area contributed by atoms with Crippen molar-refractivity contribution in [2.75, 3.05) is 0 Å². The van der Waals surface area contributed by atoms with Crippen molar-refractivity contribution in [2.24, 2.45) is 0 Å². The van der Waals surface area contributed by atoms with Gasteiger partial charge in [-0.05, 0) is 98.7 Å². The highest BCUT2D eigenvalue weighted by Crippen LogP contribution is 2.25. The van der Waals surface area contributed by atoms with Gasteiger partial charge in [0.15, 0.2) is 0 Å². The molecule has 0 bridgehead atoms. The minimum Gasteiger partial charge on any atom is -0.480 e. The summed E-state index contributed by atoms with van der Waals surface area (Å²) in [7, 11) is -7.65. The molecular formula is C40H37N5O8S4. The van der Waals surface area contributed by atoms with E-state index in [0.29, 0.717) is 11.1 Å². The lowest BCUT2D eigenvalue weighted by Crippen LogP contribution is -2.47. The van der Waals surface area contributed by atoms with Crippen LogP contribution in [-0.2, 0) is 54.0 Å². The van der Waals surface area contributed by atoms with Gasteiger partial charge >= 0.3 is 5.97 Å². The number of sulfonamides is 2. The van der Waals surface area contributed by atoms with Gasteiger partial charge in [-0.15, -0.1) is 22.7 Å². The van der Waals surface area contributed by atoms with Gasteiger partial charge in [0.05, 0.1) is 11.5 Å². The third-order valence-corrected chi connectivity index (χ3v) is 13.8. The van der Waals surface area contributed by atoms with Gasteiger partial charge < -0.3 is 15.1 Å². The Hall–Kier alpha value is -5.40. The molecule has 17 heteroatoms. The van der Waals surface area contributed by atoms with E-state index in [2.05, 4.69) is 19.4 Å². The fourth-order valence-corrected chi connectivity index (χ4v) is 10.8. The number of carboxylic acids is 1. The Labute approximate surface area is 335 Å². The maximum Gasteiger partial charge on any atom is 0.322 e. The van der Waals surface area contributed by atoms with Crippen molar-refractivity contribution in [3.63, 3.8) is 0 Å². The summed E-state index contributed by atoms with van der Waals surface area (Å²) in [5, 5.41) is 26.3. The van der Waals surface area contributed by atoms with Crippen molar-refractivity contribution in [1.29, 1.82) is 0 Å². The highest BCUT2D eigenvalue weighted by Gasteiger charge is 2.27. The summed E-state index contributed by atoms with van der Waals surface area (Å²) in [4.78, 5) is 30.0. The molecule has 4 heterocycles. The number of hydrogen-bond donors (Lipinski definition) is 7. The van der Waals surface area contributed by atoms with Crippen molar-refractivity contribution >= 4 is 96.6 Å². The highest BCUT2D eigenvalue weighted by atomic mass is 32.2. The number of carbonyl (C=O) groups excluding carboxylic acids is 1. The number of rotatable bonds is 14. The molecule has 4 aromatic heterocycles. The fourth-order valence-electron chi connectivity index (χ4n) is 6.65. The number of amides is 1. The van der Waals surface area contributed by atoms with Crippen LogP contribution in [0.25, 0.3) is 42.0 Å². The maximum atomic E-state index is 12.7. The van der Waals surface area contributed by atoms with Crippen LogP contribution in [-0.4, -0.2) is 61.1 Å². The van der Waals surface area contributed by atoms with E-state index >= 15 is 0 Å². The molecule has 0 aliphatic rings. The number of aromatic nitrogens is 2. The van der Waals surface area contributed by atoms with Gasteiger partial charge in [-0.2, -0.15) is 0 Å². The molecule has 2 atom stereocenters. The number of aliphatic carboxylic acids is 1. The van der Waals surface area contributed by atoms with Crippen LogP contribution in [0.3, 0.4) is 0 Å². The van der Waals surface area contributed by atoms with Crippen molar-refractivity contribution in [3.05, 3.63) is 142 Å². The van der Waals surface area contributed by atoms with Gasteiger partial charge in [-0.1, -0.05) is 48.5 Å². The van der Waals surface area contributed by atoms with Gasteiger partial charge in [0.25, 0.3) is 5.91 Å². The molecule has 8 rings (SSSR count). The standard InChI is InChI=1S/C20H19N3O4S2.C20H18N2O4S2/c24-20(22-25)18(10-15-11-21-17-4-2-1-3-16(15)17)23-29(26,27)12-13-5-6-19-14(9-13)7-8-28-19;23-20(24)18(10-15-11-21-17-4-2-1-3-16(15)17)22-28(25,26)12-13-5-6-19-14(9-13)7-8-27-19/h1-9,11,18,21,23,25H,10,12H2,(H,22,24);1-9,11,18,21-22H,10,12H2,(H,23,24)/t2*18-/m11/s1. The van der Waals surface area contributed by atoms with E-state index in [1.807, 2.05) is 95.7 Å². The molecule has 0 unspecified atom stereocenters. The number of nitrogens with one attached hydrogen (secondary N) is 5. The van der Waals surface area contributed by atoms with E-state index in [-0.39, 0.29) is 24.3 Å². The molecule has 294 valence electrons. The predicted molar refractivity (Wildman–Crippen MR) is 224 cm³/mol. The van der Waals surface area contributed by atoms with Crippen molar-refractivity contribution in [3.8, 4) is 0 Å². The number of H-pyrrole nitrogens is 2. The van der Waals surface area contributed by atoms with Crippen LogP contribution in [0, 0.1) is 0 Å². The molecule has 0 radical (unpaired) electrons. The minimum atomic E-state index is -3.83. The smallest absolute Gasteiger partial charge is 0.322 e. The van der Waals surface area contributed by atoms with E-state index in [1.165, 1.54) is 0 Å². The van der Waals surface area contributed by atoms with Crippen molar-refractivity contribution in [1.82, 2.24) is 24.9 Å². The average molecular weight is 844 g/mol. The van der Waals surface area contributed by atoms with Crippen LogP contribution in [0.2, 0.25) is 0 Å². The van der Waals surface area contributed by atoms with Crippen molar-refractivity contribution < 1.29 is 36.7 Å². The minimum absolute atomic E-state index is 0.0577. The Balaban J connectivity index is 0.000000174. The normalized spacial score (nSPS) is 13.1. The van der Waals surface area contributed by atoms with Gasteiger partial charge in [0.2, 0.25) is 20.0 Å². The number of carbonyl (C=O) groups is 2. The summed E-state index contributed by atoms with van der Waals surface area (Å²) in [6.07, 6.45) is 3.61. The number of hydrogen-bond acceptors (Lipinski definition) is 9. The zero-order chi connectivity index (χ0) is 40.2. The second-order valence-electron chi connectivity index (χ2n) is 13.4. The highest BCUT2D eigenvalue weighted by molar-refractivity contribution is 7.89. The summed E-state index contributed by atoms with van der Waals surface area (Å²) >= 11 is 3.17. The average Bonchev–Trinajstić information content (AvgIpc) is 4.01. The summed E-state index contributed by atoms with van der Waals surface area (Å²) in [6, 6.07) is 27.4. The van der Waals surface area contributed by atoms with Crippen molar-refractivity contribution in [2.45, 2.75) is 36.4 Å². The predicted octanol–water partition coefficient (Wildman–Crippen LogP) is 6.42. The van der Waals surface area contributed by atoms with Crippen LogP contribution < -0.4 is 14.9 Å². The van der Waals surface area contributed by atoms with E-state index in [1.54, 1.807) is 52.7 Å². The Kier molecular flexibility index (Phi) is 11.9. The number of fused-ring (bicyclic) bond motifs is 4. The van der Waals surface area contributed by atoms with Crippen LogP contribution in [0.5, 0.6) is 0 Å². The third-order valence-electron chi connectivity index (χ3n) is 9.31. The first kappa shape index (κ1) is 39.8. The molecule has 0 fully saturated rings. The summed E-state index contributed by atoms with van der Waals surface area (Å²) < 4.78 is 57.6. The molecule has 0 spiro atoms. The fraction of sp³-hybridized carbons (Fsp3) is 0.150. The SMILES string of the molecule is O=C(NO)[C@@H](Cc1c[nH]c2ccccc12)NS(=O)(=O)Cc1ccc2sccc2c1.O=C(O)[C@@H](Cc1c[nH]c2ccccc12)NS(=O)(=O)Cc1ccc2sccc2c1. The van der Waals surface area contributed by atoms with Crippen LogP contribution >= 0.6 is 22.7 Å². The van der Waals surface area contributed by atoms with Crippen LogP contribution in [0.1, 0.15) is 22.3 Å². The van der Waals surface area contributed by atoms with E-state index < -0.39 is 44.0 Å². The molecular weight excluding hydrogens is 807 g/mol. The summed E-state index contributed by atoms with van der Waals surface area (Å²) in [5.74, 6) is -2.55. The Morgan fingerprint density at radius 2 is 1.09 bits per heavy atom. The molecule has 57 heavy (non-hydrogen) atoms. The molecule has 1 amide bonds. The first-order valence-electron chi connectivity index (χ1n) is 17.6. The maximum absolute atomic E-state index is 12.7. The second-order valence-corrected chi connectivity index (χ2v) is 18.8. The third kappa shape index (κ3) is 9.77. The number of hydroxylamine groups is 1. The summed E-state index contributed by atoms with van der Waals surface area (Å²) in [5.41, 5.74) is 6.10. The lowest BCUT2D eigenvalue weighted by atomic mass is 10.1. The molecule has 8 aromatic rings. The lowest BCUT2D eigenvalue weighted by molar-refractivity contribution is -0.139. The molecule has 0 aliphatic heterocycles. The number of para-hydroxylation sites is 2. The number of aromatic amines is 2. The zero-order valence-corrected chi connectivity index (χ0v) is 33.3. The monoisotopic (exact) mass is 843 g/mol. The Morgan fingerprint density at radius 1 is 0.632 bits per heavy atom. The Morgan fingerprint density at radius 3 is 1.56 bits per heavy atom. The topological polar surface area (TPSA) is 211 Å². The number of thiophene rings is 2. The zero-order valence-electron chi connectivity index (χ0n) is 30.0. The van der Waals surface area contributed by atoms with E-state index in [4.69, 9.17) is 5.21 Å². The molecule has 0 saturated carbocycles. The molecule has 0 aliphatic carbocycles. The quantitative estimate of drug-likeness (QED) is 0.0479. The lowest BCUT2D eigenvalue weighted by Gasteiger charge is -2.17. The van der Waals surface area contributed by atoms with Gasteiger partial charge in [-0.25, -0.2) is 31.8 Å². The largest absolute Gasteiger partial charge is 0.480 e. The molecule has 7 N–H and O–H groups in total. The number of benzene rings is 4. The molecule has 4 aromatic carbocycles. The van der Waals surface area contributed by atoms with E-state index in [9.17, 15) is 31.5 Å². The first-order chi connectivity index (χ1) is 27.4. The van der Waals surface area contributed by atoms with Crippen LogP contribution in [0.4, 0.5) is 0 Å². The molecule has 0 saturated heterocycles. The van der Waals surface area contributed by atoms with Gasteiger partial charge in [0.1, 0.15) is 12.1 Å². The van der Waals surface area contributed by atoms with E-state index in [0.717, 1.165) is 53.1 Å².